The monoisotopic (exact) mass is 389 g/mol. The van der Waals surface area contributed by atoms with Crippen LogP contribution in [-0.2, 0) is 9.59 Å². The summed E-state index contributed by atoms with van der Waals surface area (Å²) in [6.45, 7) is 0.373. The van der Waals surface area contributed by atoms with Gasteiger partial charge in [0.15, 0.2) is 0 Å². The third-order valence-corrected chi connectivity index (χ3v) is 4.50. The van der Waals surface area contributed by atoms with E-state index in [1.165, 1.54) is 16.2 Å². The number of thiophene rings is 1. The standard InChI is InChI=1S/C19H23N3O4S/c1-22(12-17(23)21-15-5-7-16(26-2)8-6-15)18(24)4-3-10-20-19(25)14-9-11-27-13-14/h5-9,11,13H,3-4,10,12H2,1-2H3,(H,20,25)(H,21,23). The topological polar surface area (TPSA) is 87.7 Å². The molecule has 1 aromatic heterocycles. The van der Waals surface area contributed by atoms with Gasteiger partial charge in [-0.3, -0.25) is 14.4 Å². The first-order valence-electron chi connectivity index (χ1n) is 8.48. The molecule has 144 valence electrons. The first-order chi connectivity index (χ1) is 13.0. The molecule has 2 aromatic rings. The number of anilines is 1. The summed E-state index contributed by atoms with van der Waals surface area (Å²) in [7, 11) is 3.15. The van der Waals surface area contributed by atoms with Crippen LogP contribution in [0.4, 0.5) is 5.69 Å². The molecule has 27 heavy (non-hydrogen) atoms. The number of carbonyl (C=O) groups excluding carboxylic acids is 3. The van der Waals surface area contributed by atoms with Crippen LogP contribution in [0.2, 0.25) is 0 Å². The quantitative estimate of drug-likeness (QED) is 0.645. The van der Waals surface area contributed by atoms with Crippen LogP contribution >= 0.6 is 11.3 Å². The maximum atomic E-state index is 12.1. The number of carbonyl (C=O) groups is 3. The van der Waals surface area contributed by atoms with Crippen LogP contribution in [0, 0.1) is 0 Å². The van der Waals surface area contributed by atoms with Crippen LogP contribution in [0.15, 0.2) is 41.1 Å². The molecule has 0 saturated carbocycles. The summed E-state index contributed by atoms with van der Waals surface area (Å²) in [5.41, 5.74) is 1.26. The van der Waals surface area contributed by atoms with Crippen molar-refractivity contribution in [1.82, 2.24) is 10.2 Å². The fourth-order valence-corrected chi connectivity index (χ4v) is 2.94. The molecule has 0 fully saturated rings. The van der Waals surface area contributed by atoms with Crippen LogP contribution in [0.25, 0.3) is 0 Å². The van der Waals surface area contributed by atoms with Crippen LogP contribution in [0.5, 0.6) is 5.75 Å². The molecule has 0 saturated heterocycles. The summed E-state index contributed by atoms with van der Waals surface area (Å²) in [6, 6.07) is 8.70. The molecule has 0 spiro atoms. The Kier molecular flexibility index (Phi) is 7.81. The average Bonchev–Trinajstić information content (AvgIpc) is 3.20. The van der Waals surface area contributed by atoms with Crippen molar-refractivity contribution < 1.29 is 19.1 Å². The lowest BCUT2D eigenvalue weighted by atomic mass is 10.2. The highest BCUT2D eigenvalue weighted by Gasteiger charge is 2.13. The minimum atomic E-state index is -0.276. The Bertz CT molecular complexity index is 760. The van der Waals surface area contributed by atoms with Crippen molar-refractivity contribution in [3.05, 3.63) is 46.7 Å². The zero-order chi connectivity index (χ0) is 19.6. The zero-order valence-corrected chi connectivity index (χ0v) is 16.2. The number of hydrogen-bond acceptors (Lipinski definition) is 5. The van der Waals surface area contributed by atoms with Crippen molar-refractivity contribution in [2.24, 2.45) is 0 Å². The van der Waals surface area contributed by atoms with Crippen molar-refractivity contribution in [2.45, 2.75) is 12.8 Å². The Hall–Kier alpha value is -2.87. The SMILES string of the molecule is COc1ccc(NC(=O)CN(C)C(=O)CCCNC(=O)c2ccsc2)cc1. The molecule has 0 aliphatic rings. The van der Waals surface area contributed by atoms with Crippen molar-refractivity contribution >= 4 is 34.7 Å². The number of benzene rings is 1. The van der Waals surface area contributed by atoms with Gasteiger partial charge in [-0.1, -0.05) is 0 Å². The van der Waals surface area contributed by atoms with Gasteiger partial charge in [0, 0.05) is 36.6 Å². The van der Waals surface area contributed by atoms with Crippen molar-refractivity contribution in [3.8, 4) is 5.75 Å². The molecule has 0 atom stereocenters. The Morgan fingerprint density at radius 1 is 1.15 bits per heavy atom. The lowest BCUT2D eigenvalue weighted by Gasteiger charge is -2.17. The molecule has 0 bridgehead atoms. The number of nitrogens with zero attached hydrogens (tertiary/aromatic N) is 1. The molecule has 1 heterocycles. The molecular formula is C19H23N3O4S. The zero-order valence-electron chi connectivity index (χ0n) is 15.4. The van der Waals surface area contributed by atoms with E-state index in [1.54, 1.807) is 49.9 Å². The second-order valence-electron chi connectivity index (χ2n) is 5.90. The molecule has 0 unspecified atom stereocenters. The molecular weight excluding hydrogens is 366 g/mol. The first-order valence-corrected chi connectivity index (χ1v) is 9.42. The number of likely N-dealkylation sites (N-methyl/N-ethyl adjacent to an activating group) is 1. The summed E-state index contributed by atoms with van der Waals surface area (Å²) in [4.78, 5) is 37.3. The van der Waals surface area contributed by atoms with Gasteiger partial charge in [-0.15, -0.1) is 0 Å². The van der Waals surface area contributed by atoms with E-state index in [9.17, 15) is 14.4 Å². The predicted octanol–water partition coefficient (Wildman–Crippen LogP) is 2.36. The maximum Gasteiger partial charge on any atom is 0.252 e. The number of hydrogen-bond donors (Lipinski definition) is 2. The fourth-order valence-electron chi connectivity index (χ4n) is 2.31. The van der Waals surface area contributed by atoms with E-state index in [4.69, 9.17) is 4.74 Å². The summed E-state index contributed by atoms with van der Waals surface area (Å²) in [5.74, 6) is 0.133. The third kappa shape index (κ3) is 6.74. The second kappa shape index (κ2) is 10.3. The molecule has 0 aliphatic heterocycles. The largest absolute Gasteiger partial charge is 0.497 e. The number of methoxy groups -OCH3 is 1. The van der Waals surface area contributed by atoms with Gasteiger partial charge >= 0.3 is 0 Å². The third-order valence-electron chi connectivity index (χ3n) is 3.82. The van der Waals surface area contributed by atoms with Crippen LogP contribution in [-0.4, -0.2) is 49.9 Å². The van der Waals surface area contributed by atoms with Crippen LogP contribution in [0.3, 0.4) is 0 Å². The molecule has 3 amide bonds. The Morgan fingerprint density at radius 2 is 1.89 bits per heavy atom. The fraction of sp³-hybridized carbons (Fsp3) is 0.316. The Labute approximate surface area is 162 Å². The molecule has 0 radical (unpaired) electrons. The summed E-state index contributed by atoms with van der Waals surface area (Å²) in [6.07, 6.45) is 0.773. The maximum absolute atomic E-state index is 12.1. The van der Waals surface area contributed by atoms with E-state index in [0.29, 0.717) is 30.0 Å². The van der Waals surface area contributed by atoms with E-state index in [2.05, 4.69) is 10.6 Å². The van der Waals surface area contributed by atoms with Gasteiger partial charge in [0.1, 0.15) is 5.75 Å². The first kappa shape index (κ1) is 20.4. The van der Waals surface area contributed by atoms with Crippen LogP contribution < -0.4 is 15.4 Å². The van der Waals surface area contributed by atoms with Gasteiger partial charge in [-0.05, 0) is 42.1 Å². The van der Waals surface area contributed by atoms with Crippen molar-refractivity contribution in [2.75, 3.05) is 32.6 Å². The summed E-state index contributed by atoms with van der Waals surface area (Å²) < 4.78 is 5.06. The van der Waals surface area contributed by atoms with E-state index >= 15 is 0 Å². The van der Waals surface area contributed by atoms with Gasteiger partial charge in [-0.2, -0.15) is 11.3 Å². The summed E-state index contributed by atoms with van der Waals surface area (Å²) >= 11 is 1.46. The number of amides is 3. The van der Waals surface area contributed by atoms with Crippen LogP contribution in [0.1, 0.15) is 23.2 Å². The minimum absolute atomic E-state index is 0.0356. The van der Waals surface area contributed by atoms with Gasteiger partial charge < -0.3 is 20.3 Å². The van der Waals surface area contributed by atoms with E-state index in [0.717, 1.165) is 0 Å². The molecule has 7 nitrogen and oxygen atoms in total. The van der Waals surface area contributed by atoms with Crippen molar-refractivity contribution in [1.29, 1.82) is 0 Å². The van der Waals surface area contributed by atoms with Gasteiger partial charge in [0.05, 0.1) is 13.7 Å². The van der Waals surface area contributed by atoms with E-state index in [-0.39, 0.29) is 30.7 Å². The molecule has 1 aromatic carbocycles. The van der Waals surface area contributed by atoms with Gasteiger partial charge in [0.25, 0.3) is 5.91 Å². The normalized spacial score (nSPS) is 10.1. The Balaban J connectivity index is 1.66. The number of ether oxygens (including phenoxy) is 1. The lowest BCUT2D eigenvalue weighted by molar-refractivity contribution is -0.133. The number of nitrogens with one attached hydrogen (secondary N) is 2. The molecule has 0 aliphatic carbocycles. The summed E-state index contributed by atoms with van der Waals surface area (Å²) in [5, 5.41) is 9.11. The van der Waals surface area contributed by atoms with E-state index < -0.39 is 0 Å². The van der Waals surface area contributed by atoms with Crippen molar-refractivity contribution in [3.63, 3.8) is 0 Å². The smallest absolute Gasteiger partial charge is 0.252 e. The highest BCUT2D eigenvalue weighted by Crippen LogP contribution is 2.14. The average molecular weight is 389 g/mol. The van der Waals surface area contributed by atoms with Gasteiger partial charge in [-0.25, -0.2) is 0 Å². The minimum Gasteiger partial charge on any atom is -0.497 e. The Morgan fingerprint density at radius 3 is 2.52 bits per heavy atom. The lowest BCUT2D eigenvalue weighted by Crippen LogP contribution is -2.35. The highest BCUT2D eigenvalue weighted by atomic mass is 32.1. The van der Waals surface area contributed by atoms with Gasteiger partial charge in [0.2, 0.25) is 11.8 Å². The number of rotatable bonds is 9. The molecule has 2 rings (SSSR count). The molecule has 8 heteroatoms. The van der Waals surface area contributed by atoms with E-state index in [1.807, 2.05) is 5.38 Å². The molecule has 2 N–H and O–H groups in total. The highest BCUT2D eigenvalue weighted by molar-refractivity contribution is 7.08. The predicted molar refractivity (Wildman–Crippen MR) is 105 cm³/mol. The second-order valence-corrected chi connectivity index (χ2v) is 6.68.